The zero-order valence-electron chi connectivity index (χ0n) is 11.5. The van der Waals surface area contributed by atoms with Crippen LogP contribution in [0.4, 0.5) is 0 Å². The van der Waals surface area contributed by atoms with Crippen LogP contribution in [-0.4, -0.2) is 19.6 Å². The monoisotopic (exact) mass is 313 g/mol. The van der Waals surface area contributed by atoms with Crippen molar-refractivity contribution in [3.63, 3.8) is 0 Å². The third-order valence-corrected chi connectivity index (χ3v) is 4.25. The first kappa shape index (κ1) is 15.1. The molecular weight excluding hydrogens is 298 g/mol. The molecule has 1 atom stereocenters. The number of amides is 1. The molecule has 0 aliphatic rings. The van der Waals surface area contributed by atoms with Crippen LogP contribution in [0.15, 0.2) is 22.6 Å². The minimum Gasteiger partial charge on any atom is -0.466 e. The molecule has 0 bridgehead atoms. The summed E-state index contributed by atoms with van der Waals surface area (Å²) in [5.74, 6) is 1.18. The molecule has 2 rings (SSSR count). The Morgan fingerprint density at radius 1 is 1.50 bits per heavy atom. The molecular formula is C14H16ClNO3S. The molecule has 0 saturated heterocycles. The zero-order valence-corrected chi connectivity index (χ0v) is 13.1. The van der Waals surface area contributed by atoms with E-state index in [4.69, 9.17) is 20.8 Å². The highest BCUT2D eigenvalue weighted by molar-refractivity contribution is 7.16. The molecule has 4 nitrogen and oxygen atoms in total. The van der Waals surface area contributed by atoms with Crippen molar-refractivity contribution in [2.24, 2.45) is 0 Å². The third-order valence-electron chi connectivity index (χ3n) is 2.93. The van der Waals surface area contributed by atoms with E-state index in [0.717, 1.165) is 10.6 Å². The van der Waals surface area contributed by atoms with Crippen molar-refractivity contribution < 1.29 is 13.9 Å². The lowest BCUT2D eigenvalue weighted by Gasteiger charge is -2.14. The van der Waals surface area contributed by atoms with E-state index in [1.165, 1.54) is 11.3 Å². The van der Waals surface area contributed by atoms with Crippen LogP contribution in [0.5, 0.6) is 0 Å². The van der Waals surface area contributed by atoms with E-state index in [9.17, 15) is 4.79 Å². The molecule has 2 heterocycles. The fraction of sp³-hybridized carbons (Fsp3) is 0.357. The van der Waals surface area contributed by atoms with Crippen LogP contribution in [0.1, 0.15) is 32.9 Å². The zero-order chi connectivity index (χ0) is 14.7. The first-order chi connectivity index (χ1) is 9.51. The van der Waals surface area contributed by atoms with Crippen molar-refractivity contribution in [1.29, 1.82) is 0 Å². The molecule has 1 amide bonds. The Hall–Kier alpha value is -1.30. The second-order valence-corrected chi connectivity index (χ2v) is 6.15. The Bertz CT molecular complexity index is 605. The van der Waals surface area contributed by atoms with Gasteiger partial charge in [0.05, 0.1) is 9.90 Å². The molecule has 0 aliphatic heterocycles. The molecule has 0 aliphatic carbocycles. The van der Waals surface area contributed by atoms with E-state index >= 15 is 0 Å². The maximum Gasteiger partial charge on any atom is 0.254 e. The van der Waals surface area contributed by atoms with Gasteiger partial charge >= 0.3 is 0 Å². The lowest BCUT2D eigenvalue weighted by atomic mass is 10.2. The van der Waals surface area contributed by atoms with Crippen molar-refractivity contribution in [2.75, 3.05) is 13.7 Å². The van der Waals surface area contributed by atoms with E-state index in [0.29, 0.717) is 22.2 Å². The van der Waals surface area contributed by atoms with Crippen molar-refractivity contribution in [3.8, 4) is 0 Å². The highest BCUT2D eigenvalue weighted by Gasteiger charge is 2.17. The summed E-state index contributed by atoms with van der Waals surface area (Å²) in [7, 11) is 1.61. The van der Waals surface area contributed by atoms with Crippen molar-refractivity contribution >= 4 is 28.8 Å². The first-order valence-corrected chi connectivity index (χ1v) is 7.34. The molecule has 2 aromatic heterocycles. The number of rotatable bonds is 5. The van der Waals surface area contributed by atoms with E-state index in [1.807, 2.05) is 19.1 Å². The lowest BCUT2D eigenvalue weighted by Crippen LogP contribution is -2.29. The van der Waals surface area contributed by atoms with Crippen LogP contribution in [0.25, 0.3) is 0 Å². The smallest absolute Gasteiger partial charge is 0.254 e. The summed E-state index contributed by atoms with van der Waals surface area (Å²) in [6.45, 7) is 3.97. The van der Waals surface area contributed by atoms with Gasteiger partial charge in [-0.2, -0.15) is 0 Å². The number of methoxy groups -OCH3 is 1. The molecule has 0 radical (unpaired) electrons. The molecule has 0 spiro atoms. The van der Waals surface area contributed by atoms with Gasteiger partial charge in [-0.1, -0.05) is 11.6 Å². The fourth-order valence-electron chi connectivity index (χ4n) is 1.94. The van der Waals surface area contributed by atoms with Gasteiger partial charge < -0.3 is 14.5 Å². The van der Waals surface area contributed by atoms with Gasteiger partial charge in [-0.15, -0.1) is 11.3 Å². The molecule has 6 heteroatoms. The molecule has 1 unspecified atom stereocenters. The summed E-state index contributed by atoms with van der Waals surface area (Å²) < 4.78 is 11.4. The lowest BCUT2D eigenvalue weighted by molar-refractivity contribution is 0.0836. The third kappa shape index (κ3) is 3.42. The fourth-order valence-corrected chi connectivity index (χ4v) is 3.08. The van der Waals surface area contributed by atoms with Crippen molar-refractivity contribution in [1.82, 2.24) is 5.32 Å². The number of carbonyl (C=O) groups is 1. The van der Waals surface area contributed by atoms with Crippen LogP contribution < -0.4 is 5.32 Å². The highest BCUT2D eigenvalue weighted by atomic mass is 35.5. The standard InChI is InChI=1S/C14H16ClNO3S/c1-8-6-10(9(2)19-8)14(17)16-7-11(18-3)12-4-5-13(15)20-12/h4-6,11H,7H2,1-3H3,(H,16,17). The van der Waals surface area contributed by atoms with Gasteiger partial charge in [-0.05, 0) is 32.0 Å². The maximum absolute atomic E-state index is 12.1. The van der Waals surface area contributed by atoms with E-state index in [1.54, 1.807) is 20.1 Å². The van der Waals surface area contributed by atoms with Crippen molar-refractivity contribution in [3.05, 3.63) is 44.5 Å². The van der Waals surface area contributed by atoms with E-state index < -0.39 is 0 Å². The molecule has 0 fully saturated rings. The summed E-state index contributed by atoms with van der Waals surface area (Å²) in [6, 6.07) is 5.45. The second-order valence-electron chi connectivity index (χ2n) is 4.40. The normalized spacial score (nSPS) is 12.4. The van der Waals surface area contributed by atoms with Crippen LogP contribution in [0, 0.1) is 13.8 Å². The molecule has 20 heavy (non-hydrogen) atoms. The average molecular weight is 314 g/mol. The number of halogens is 1. The summed E-state index contributed by atoms with van der Waals surface area (Å²) in [5.41, 5.74) is 0.557. The van der Waals surface area contributed by atoms with Gasteiger partial charge in [-0.3, -0.25) is 4.79 Å². The van der Waals surface area contributed by atoms with Gasteiger partial charge in [0.25, 0.3) is 5.91 Å². The summed E-state index contributed by atoms with van der Waals surface area (Å²) in [5, 5.41) is 2.85. The summed E-state index contributed by atoms with van der Waals surface area (Å²) >= 11 is 7.35. The highest BCUT2D eigenvalue weighted by Crippen LogP contribution is 2.28. The Kier molecular flexibility index (Phi) is 4.86. The molecule has 2 aromatic rings. The first-order valence-electron chi connectivity index (χ1n) is 6.14. The molecule has 0 saturated carbocycles. The van der Waals surface area contributed by atoms with Crippen LogP contribution in [-0.2, 0) is 4.74 Å². The van der Waals surface area contributed by atoms with Crippen molar-refractivity contribution in [2.45, 2.75) is 20.0 Å². The second kappa shape index (κ2) is 6.43. The number of hydrogen-bond donors (Lipinski definition) is 1. The number of ether oxygens (including phenoxy) is 1. The largest absolute Gasteiger partial charge is 0.466 e. The number of thiophene rings is 1. The number of carbonyl (C=O) groups excluding carboxylic acids is 1. The van der Waals surface area contributed by atoms with Crippen LogP contribution >= 0.6 is 22.9 Å². The number of aryl methyl sites for hydroxylation is 2. The maximum atomic E-state index is 12.1. The molecule has 1 N–H and O–H groups in total. The molecule has 108 valence electrons. The minimum absolute atomic E-state index is 0.163. The Labute approximate surface area is 126 Å². The van der Waals surface area contributed by atoms with Gasteiger partial charge in [-0.25, -0.2) is 0 Å². The number of hydrogen-bond acceptors (Lipinski definition) is 4. The van der Waals surface area contributed by atoms with Gasteiger partial charge in [0.1, 0.15) is 17.6 Å². The SMILES string of the molecule is COC(CNC(=O)c1cc(C)oc1C)c1ccc(Cl)s1. The predicted octanol–water partition coefficient (Wildman–Crippen LogP) is 3.73. The van der Waals surface area contributed by atoms with Gasteiger partial charge in [0.2, 0.25) is 0 Å². The Morgan fingerprint density at radius 3 is 2.75 bits per heavy atom. The Balaban J connectivity index is 2.00. The van der Waals surface area contributed by atoms with E-state index in [2.05, 4.69) is 5.32 Å². The minimum atomic E-state index is -0.204. The number of furan rings is 1. The van der Waals surface area contributed by atoms with E-state index in [-0.39, 0.29) is 12.0 Å². The average Bonchev–Trinajstić information content (AvgIpc) is 2.96. The van der Waals surface area contributed by atoms with Crippen LogP contribution in [0.3, 0.4) is 0 Å². The van der Waals surface area contributed by atoms with Gasteiger partial charge in [0.15, 0.2) is 0 Å². The summed E-state index contributed by atoms with van der Waals surface area (Å²) in [6.07, 6.45) is -0.204. The number of nitrogens with one attached hydrogen (secondary N) is 1. The Morgan fingerprint density at radius 2 is 2.25 bits per heavy atom. The van der Waals surface area contributed by atoms with Gasteiger partial charge in [0, 0.05) is 18.5 Å². The topological polar surface area (TPSA) is 51.5 Å². The molecule has 0 aromatic carbocycles. The predicted molar refractivity (Wildman–Crippen MR) is 79.6 cm³/mol. The quantitative estimate of drug-likeness (QED) is 0.915. The van der Waals surface area contributed by atoms with Crippen LogP contribution in [0.2, 0.25) is 4.34 Å². The summed E-state index contributed by atoms with van der Waals surface area (Å²) in [4.78, 5) is 13.1.